The van der Waals surface area contributed by atoms with Crippen LogP contribution in [-0.4, -0.2) is 37.2 Å². The van der Waals surface area contributed by atoms with Gasteiger partial charge in [-0.1, -0.05) is 259 Å². The van der Waals surface area contributed by atoms with Gasteiger partial charge >= 0.3 is 17.9 Å². The molecule has 0 aromatic heterocycles. The van der Waals surface area contributed by atoms with Crippen LogP contribution >= 0.6 is 0 Å². The quantitative estimate of drug-likeness (QED) is 0.0261. The van der Waals surface area contributed by atoms with Crippen LogP contribution in [0.4, 0.5) is 0 Å². The highest BCUT2D eigenvalue weighted by Crippen LogP contribution is 2.12. The SMILES string of the molecule is CC/C=C\C/C=C\C/C=C\C/C=C\C/C=C\C/C=C\C/C=C\CCCC(=O)OCC(COC(=O)CCCCC/C=C\C/C=C\C/C=C\C/C=C\C/C=C\CC)OC(=O)CCCCCC/C=C\C/C=C\C/C=C\C/C=C\C/C=C\C/C=C\CC. The molecule has 0 aliphatic heterocycles. The lowest BCUT2D eigenvalue weighted by Gasteiger charge is -2.18. The number of hydrogen-bond donors (Lipinski definition) is 0. The highest BCUT2D eigenvalue weighted by molar-refractivity contribution is 5.71. The third-order valence-corrected chi connectivity index (χ3v) is 12.5. The second-order valence-corrected chi connectivity index (χ2v) is 20.2. The van der Waals surface area contributed by atoms with Gasteiger partial charge in [0, 0.05) is 19.3 Å². The molecule has 0 rings (SSSR count). The first-order chi connectivity index (χ1) is 41.0. The van der Waals surface area contributed by atoms with Crippen LogP contribution in [0.3, 0.4) is 0 Å². The summed E-state index contributed by atoms with van der Waals surface area (Å²) in [5.41, 5.74) is 0. The summed E-state index contributed by atoms with van der Waals surface area (Å²) >= 11 is 0. The van der Waals surface area contributed by atoms with Crippen molar-refractivity contribution in [3.8, 4) is 0 Å². The average molecular weight is 1140 g/mol. The number of allylic oxidation sites excluding steroid dienone is 36. The summed E-state index contributed by atoms with van der Waals surface area (Å²) in [5, 5.41) is 0. The second kappa shape index (κ2) is 68.2. The molecule has 458 valence electrons. The van der Waals surface area contributed by atoms with Crippen LogP contribution in [0.25, 0.3) is 0 Å². The molecule has 0 bridgehead atoms. The number of esters is 3. The summed E-state index contributed by atoms with van der Waals surface area (Å²) in [6.45, 7) is 6.18. The lowest BCUT2D eigenvalue weighted by atomic mass is 10.1. The van der Waals surface area contributed by atoms with E-state index in [0.717, 1.165) is 173 Å². The maximum Gasteiger partial charge on any atom is 0.306 e. The van der Waals surface area contributed by atoms with E-state index in [1.807, 2.05) is 0 Å². The minimum Gasteiger partial charge on any atom is -0.462 e. The molecule has 6 heteroatoms. The minimum absolute atomic E-state index is 0.138. The largest absolute Gasteiger partial charge is 0.462 e. The molecule has 83 heavy (non-hydrogen) atoms. The summed E-state index contributed by atoms with van der Waals surface area (Å²) in [6, 6.07) is 0. The third-order valence-electron chi connectivity index (χ3n) is 12.5. The van der Waals surface area contributed by atoms with E-state index in [1.54, 1.807) is 0 Å². The van der Waals surface area contributed by atoms with E-state index in [9.17, 15) is 14.4 Å². The van der Waals surface area contributed by atoms with E-state index >= 15 is 0 Å². The molecule has 0 aliphatic rings. The molecular formula is C77H114O6. The van der Waals surface area contributed by atoms with E-state index in [-0.39, 0.29) is 50.4 Å². The smallest absolute Gasteiger partial charge is 0.306 e. The van der Waals surface area contributed by atoms with E-state index in [1.165, 1.54) is 0 Å². The Labute approximate surface area is 508 Å². The first-order valence-electron chi connectivity index (χ1n) is 32.2. The van der Waals surface area contributed by atoms with Crippen LogP contribution in [0.5, 0.6) is 0 Å². The number of rotatable bonds is 55. The summed E-state index contributed by atoms with van der Waals surface area (Å²) in [5.74, 6) is -1.07. The molecule has 1 atom stereocenters. The van der Waals surface area contributed by atoms with Crippen molar-refractivity contribution in [2.45, 2.75) is 232 Å². The maximum atomic E-state index is 12.9. The van der Waals surface area contributed by atoms with Crippen LogP contribution in [0.1, 0.15) is 226 Å². The van der Waals surface area contributed by atoms with Crippen molar-refractivity contribution in [2.24, 2.45) is 0 Å². The van der Waals surface area contributed by atoms with Gasteiger partial charge in [-0.05, 0) is 167 Å². The molecular weight excluding hydrogens is 1020 g/mol. The van der Waals surface area contributed by atoms with Gasteiger partial charge in [-0.2, -0.15) is 0 Å². The highest BCUT2D eigenvalue weighted by Gasteiger charge is 2.19. The molecule has 0 aromatic carbocycles. The van der Waals surface area contributed by atoms with Crippen LogP contribution in [0.2, 0.25) is 0 Å². The van der Waals surface area contributed by atoms with Crippen molar-refractivity contribution in [1.29, 1.82) is 0 Å². The van der Waals surface area contributed by atoms with E-state index in [2.05, 4.69) is 240 Å². The fourth-order valence-electron chi connectivity index (χ4n) is 7.75. The molecule has 0 heterocycles. The van der Waals surface area contributed by atoms with Gasteiger partial charge < -0.3 is 14.2 Å². The zero-order chi connectivity index (χ0) is 59.9. The fraction of sp³-hybridized carbons (Fsp3) is 0.494. The minimum atomic E-state index is -0.847. The molecule has 0 fully saturated rings. The molecule has 0 aromatic rings. The standard InChI is InChI=1S/C77H114O6/c1-4-7-10-13-16-19-22-25-28-31-34-36-38-40-43-46-49-52-55-58-61-64-67-70-76(79)82-73-74(72-81-75(78)69-66-63-60-57-54-51-48-45-42-33-30-27-24-21-18-15-12-9-6-3)83-77(80)71-68-65-62-59-56-53-50-47-44-41-39-37-35-32-29-26-23-20-17-14-11-8-5-2/h7-12,16-21,25-30,34-37,40-45,49-54,58,61,74H,4-6,13-15,22-24,31-33,38-39,46-48,55-57,59-60,62-73H2,1-3H3/b10-7-,11-8-,12-9-,19-16-,20-17-,21-18-,28-25-,29-26-,30-27-,36-34-,37-35-,43-40-,44-41-,45-42-,52-49-,53-50-,54-51-,61-58-. The van der Waals surface area contributed by atoms with Crippen molar-refractivity contribution in [2.75, 3.05) is 13.2 Å². The molecule has 0 saturated carbocycles. The Hall–Kier alpha value is -6.27. The fourth-order valence-corrected chi connectivity index (χ4v) is 7.75. The third kappa shape index (κ3) is 66.4. The molecule has 6 nitrogen and oxygen atoms in total. The number of unbranched alkanes of at least 4 members (excludes halogenated alkanes) is 8. The molecule has 0 radical (unpaired) electrons. The molecule has 0 amide bonds. The van der Waals surface area contributed by atoms with Crippen LogP contribution in [0, 0.1) is 0 Å². The topological polar surface area (TPSA) is 78.9 Å². The molecule has 0 saturated heterocycles. The lowest BCUT2D eigenvalue weighted by molar-refractivity contribution is -0.167. The number of ether oxygens (including phenoxy) is 3. The van der Waals surface area contributed by atoms with Crippen molar-refractivity contribution in [1.82, 2.24) is 0 Å². The van der Waals surface area contributed by atoms with Gasteiger partial charge in [-0.25, -0.2) is 0 Å². The maximum absolute atomic E-state index is 12.9. The summed E-state index contributed by atoms with van der Waals surface area (Å²) < 4.78 is 16.8. The predicted octanol–water partition coefficient (Wildman–Crippen LogP) is 22.5. The highest BCUT2D eigenvalue weighted by atomic mass is 16.6. The second-order valence-electron chi connectivity index (χ2n) is 20.2. The van der Waals surface area contributed by atoms with E-state index < -0.39 is 6.10 Å². The van der Waals surface area contributed by atoms with E-state index in [0.29, 0.717) is 12.8 Å². The van der Waals surface area contributed by atoms with Crippen LogP contribution in [-0.2, 0) is 28.6 Å². The average Bonchev–Trinajstić information content (AvgIpc) is 3.49. The van der Waals surface area contributed by atoms with Gasteiger partial charge in [0.1, 0.15) is 13.2 Å². The predicted molar refractivity (Wildman–Crippen MR) is 361 cm³/mol. The monoisotopic (exact) mass is 1130 g/mol. The first kappa shape index (κ1) is 76.7. The summed E-state index contributed by atoms with van der Waals surface area (Å²) in [4.78, 5) is 38.4. The molecule has 0 spiro atoms. The zero-order valence-electron chi connectivity index (χ0n) is 52.4. The van der Waals surface area contributed by atoms with Gasteiger partial charge in [0.2, 0.25) is 0 Å². The van der Waals surface area contributed by atoms with Gasteiger partial charge in [0.25, 0.3) is 0 Å². The molecule has 0 aliphatic carbocycles. The van der Waals surface area contributed by atoms with Gasteiger partial charge in [0.15, 0.2) is 6.10 Å². The summed E-state index contributed by atoms with van der Waals surface area (Å²) in [7, 11) is 0. The Morgan fingerprint density at radius 3 is 0.723 bits per heavy atom. The summed E-state index contributed by atoms with van der Waals surface area (Å²) in [6.07, 6.45) is 107. The lowest BCUT2D eigenvalue weighted by Crippen LogP contribution is -2.30. The number of hydrogen-bond acceptors (Lipinski definition) is 6. The normalized spacial score (nSPS) is 13.6. The Bertz CT molecular complexity index is 2080. The Balaban J connectivity index is 4.66. The zero-order valence-corrected chi connectivity index (χ0v) is 52.4. The molecule has 0 N–H and O–H groups in total. The number of carbonyl (C=O) groups excluding carboxylic acids is 3. The van der Waals surface area contributed by atoms with Crippen LogP contribution < -0.4 is 0 Å². The van der Waals surface area contributed by atoms with Crippen molar-refractivity contribution >= 4 is 17.9 Å². The van der Waals surface area contributed by atoms with Crippen LogP contribution in [0.15, 0.2) is 219 Å². The van der Waals surface area contributed by atoms with Crippen molar-refractivity contribution in [3.63, 3.8) is 0 Å². The van der Waals surface area contributed by atoms with Gasteiger partial charge in [-0.3, -0.25) is 14.4 Å². The first-order valence-corrected chi connectivity index (χ1v) is 32.2. The van der Waals surface area contributed by atoms with Crippen molar-refractivity contribution < 1.29 is 28.6 Å². The van der Waals surface area contributed by atoms with Gasteiger partial charge in [0.05, 0.1) is 0 Å². The molecule has 1 unspecified atom stereocenters. The Morgan fingerprint density at radius 2 is 0.446 bits per heavy atom. The van der Waals surface area contributed by atoms with Crippen molar-refractivity contribution in [3.05, 3.63) is 219 Å². The number of carbonyl (C=O) groups is 3. The Kier molecular flexibility index (Phi) is 63.1. The van der Waals surface area contributed by atoms with E-state index in [4.69, 9.17) is 14.2 Å². The van der Waals surface area contributed by atoms with Gasteiger partial charge in [-0.15, -0.1) is 0 Å². The Morgan fingerprint density at radius 1 is 0.241 bits per heavy atom.